The van der Waals surface area contributed by atoms with E-state index in [0.29, 0.717) is 22.5 Å². The molecule has 2 aliphatic heterocycles. The Balaban J connectivity index is 2.17. The third kappa shape index (κ3) is 2.33. The van der Waals surface area contributed by atoms with Crippen LogP contribution in [0.1, 0.15) is 48.5 Å². The van der Waals surface area contributed by atoms with Crippen LogP contribution in [0, 0.1) is 5.92 Å². The fourth-order valence-corrected chi connectivity index (χ4v) is 8.91. The smallest absolute Gasteiger partial charge is 0.264 e. The van der Waals surface area contributed by atoms with E-state index in [9.17, 15) is 0 Å². The van der Waals surface area contributed by atoms with Crippen molar-refractivity contribution in [2.24, 2.45) is 5.92 Å². The minimum Gasteiger partial charge on any atom is -0.518 e. The predicted molar refractivity (Wildman–Crippen MR) is 79.1 cm³/mol. The maximum Gasteiger partial charge on any atom is 0.264 e. The Morgan fingerprint density at radius 3 is 1.95 bits per heavy atom. The number of hydrogen-bond acceptors (Lipinski definition) is 3. The van der Waals surface area contributed by atoms with Gasteiger partial charge in [-0.25, -0.2) is 0 Å². The van der Waals surface area contributed by atoms with Crippen LogP contribution >= 0.6 is 0 Å². The fraction of sp³-hybridized carbons (Fsp3) is 0.867. The predicted octanol–water partition coefficient (Wildman–Crippen LogP) is 4.41. The van der Waals surface area contributed by atoms with E-state index in [4.69, 9.17) is 13.9 Å². The summed E-state index contributed by atoms with van der Waals surface area (Å²) in [5.41, 5.74) is 1.69. The lowest BCUT2D eigenvalue weighted by molar-refractivity contribution is -0.258. The Morgan fingerprint density at radius 1 is 1.05 bits per heavy atom. The van der Waals surface area contributed by atoms with E-state index in [1.165, 1.54) is 0 Å². The molecule has 1 fully saturated rings. The summed E-state index contributed by atoms with van der Waals surface area (Å²) in [6.07, 6.45) is 2.30. The second kappa shape index (κ2) is 5.13. The molecule has 0 aromatic heterocycles. The molecule has 110 valence electrons. The summed E-state index contributed by atoms with van der Waals surface area (Å²) in [7, 11) is -1.89. The van der Waals surface area contributed by atoms with Gasteiger partial charge >= 0.3 is 0 Å². The Morgan fingerprint density at radius 2 is 1.58 bits per heavy atom. The van der Waals surface area contributed by atoms with E-state index in [1.807, 2.05) is 0 Å². The summed E-state index contributed by atoms with van der Waals surface area (Å²) >= 11 is 0. The molecule has 0 saturated carbocycles. The van der Waals surface area contributed by atoms with Gasteiger partial charge in [-0.2, -0.15) is 0 Å². The minimum atomic E-state index is -1.89. The molecule has 3 nitrogen and oxygen atoms in total. The number of hydrogen-bond donors (Lipinski definition) is 0. The molecule has 1 saturated heterocycles. The fourth-order valence-electron chi connectivity index (χ4n) is 3.74. The first-order chi connectivity index (χ1) is 8.79. The van der Waals surface area contributed by atoms with Crippen LogP contribution in [-0.4, -0.2) is 20.7 Å². The van der Waals surface area contributed by atoms with Gasteiger partial charge in [-0.05, 0) is 23.5 Å². The SMILES string of the molecule is CC(C)[Si](OC1=C[C@H]2[C@@H](O1)O[C@@H]2C)(C(C)C)C(C)C. The first-order valence-electron chi connectivity index (χ1n) is 7.52. The van der Waals surface area contributed by atoms with Crippen molar-refractivity contribution < 1.29 is 13.9 Å². The van der Waals surface area contributed by atoms with Crippen molar-refractivity contribution in [3.63, 3.8) is 0 Å². The van der Waals surface area contributed by atoms with Crippen LogP contribution < -0.4 is 0 Å². The van der Waals surface area contributed by atoms with Gasteiger partial charge in [0.1, 0.15) is 0 Å². The lowest BCUT2D eigenvalue weighted by Crippen LogP contribution is -2.48. The zero-order chi connectivity index (χ0) is 14.4. The summed E-state index contributed by atoms with van der Waals surface area (Å²) in [4.78, 5) is 0. The zero-order valence-electron chi connectivity index (χ0n) is 13.3. The van der Waals surface area contributed by atoms with E-state index < -0.39 is 8.32 Å². The number of fused-ring (bicyclic) bond motifs is 1. The highest BCUT2D eigenvalue weighted by Gasteiger charge is 2.51. The summed E-state index contributed by atoms with van der Waals surface area (Å²) < 4.78 is 17.8. The molecule has 0 spiro atoms. The second-order valence-corrected chi connectivity index (χ2v) is 12.2. The largest absolute Gasteiger partial charge is 0.518 e. The minimum absolute atomic E-state index is 0.0943. The molecule has 0 N–H and O–H groups in total. The van der Waals surface area contributed by atoms with Crippen LogP contribution in [0.4, 0.5) is 0 Å². The molecule has 0 amide bonds. The van der Waals surface area contributed by atoms with E-state index in [2.05, 4.69) is 54.5 Å². The monoisotopic (exact) mass is 284 g/mol. The highest BCUT2D eigenvalue weighted by atomic mass is 28.4. The molecule has 2 aliphatic rings. The first kappa shape index (κ1) is 14.9. The molecule has 19 heavy (non-hydrogen) atoms. The summed E-state index contributed by atoms with van der Waals surface area (Å²) in [6.45, 7) is 15.8. The van der Waals surface area contributed by atoms with Gasteiger partial charge in [0, 0.05) is 6.08 Å². The van der Waals surface area contributed by atoms with Gasteiger partial charge in [-0.15, -0.1) is 0 Å². The molecule has 0 radical (unpaired) electrons. The Bertz CT molecular complexity index is 341. The Kier molecular flexibility index (Phi) is 4.03. The van der Waals surface area contributed by atoms with Crippen LogP contribution in [0.2, 0.25) is 16.6 Å². The van der Waals surface area contributed by atoms with Crippen molar-refractivity contribution >= 4 is 8.32 Å². The molecule has 0 aliphatic carbocycles. The van der Waals surface area contributed by atoms with E-state index in [-0.39, 0.29) is 12.4 Å². The molecule has 0 aromatic rings. The molecular formula is C15H28O3Si. The third-order valence-electron chi connectivity index (χ3n) is 4.75. The van der Waals surface area contributed by atoms with Crippen molar-refractivity contribution in [2.45, 2.75) is 77.5 Å². The molecule has 4 heteroatoms. The number of ether oxygens (including phenoxy) is 2. The van der Waals surface area contributed by atoms with Gasteiger partial charge in [0.05, 0.1) is 12.0 Å². The Labute approximate surface area is 118 Å². The van der Waals surface area contributed by atoms with Crippen molar-refractivity contribution in [3.05, 3.63) is 12.0 Å². The maximum absolute atomic E-state index is 6.51. The average molecular weight is 284 g/mol. The summed E-state index contributed by atoms with van der Waals surface area (Å²) in [5, 5.41) is 0. The van der Waals surface area contributed by atoms with Crippen LogP contribution in [0.5, 0.6) is 0 Å². The van der Waals surface area contributed by atoms with Gasteiger partial charge < -0.3 is 13.9 Å². The van der Waals surface area contributed by atoms with E-state index in [1.54, 1.807) is 0 Å². The molecule has 3 atom stereocenters. The van der Waals surface area contributed by atoms with Gasteiger partial charge in [0.2, 0.25) is 6.29 Å². The molecule has 0 bridgehead atoms. The van der Waals surface area contributed by atoms with Crippen LogP contribution in [0.15, 0.2) is 12.0 Å². The van der Waals surface area contributed by atoms with Gasteiger partial charge in [0.15, 0.2) is 0 Å². The zero-order valence-corrected chi connectivity index (χ0v) is 14.3. The molecule has 0 unspecified atom stereocenters. The molecular weight excluding hydrogens is 256 g/mol. The third-order valence-corrected chi connectivity index (χ3v) is 10.7. The average Bonchev–Trinajstić information content (AvgIpc) is 2.61. The molecule has 2 rings (SSSR count). The van der Waals surface area contributed by atoms with Gasteiger partial charge in [0.25, 0.3) is 14.3 Å². The molecule has 0 aromatic carbocycles. The van der Waals surface area contributed by atoms with Gasteiger partial charge in [-0.3, -0.25) is 0 Å². The summed E-state index contributed by atoms with van der Waals surface area (Å²) in [5.74, 6) is 1.11. The van der Waals surface area contributed by atoms with Crippen molar-refractivity contribution in [2.75, 3.05) is 0 Å². The van der Waals surface area contributed by atoms with Crippen LogP contribution in [0.25, 0.3) is 0 Å². The standard InChI is InChI=1S/C15H28O3Si/c1-9(2)19(10(3)4,11(5)6)18-14-8-13-12(7)16-15(13)17-14/h8-13,15H,1-7H3/t12-,13-,15-/m1/s1. The van der Waals surface area contributed by atoms with Crippen molar-refractivity contribution in [1.82, 2.24) is 0 Å². The Hall–Kier alpha value is -0.483. The maximum atomic E-state index is 6.51. The quantitative estimate of drug-likeness (QED) is 0.700. The van der Waals surface area contributed by atoms with E-state index >= 15 is 0 Å². The van der Waals surface area contributed by atoms with Crippen molar-refractivity contribution in [3.8, 4) is 0 Å². The highest BCUT2D eigenvalue weighted by molar-refractivity contribution is 6.77. The normalized spacial score (nSPS) is 30.2. The lowest BCUT2D eigenvalue weighted by atomic mass is 9.99. The molecule has 2 heterocycles. The lowest BCUT2D eigenvalue weighted by Gasteiger charge is -2.42. The topological polar surface area (TPSA) is 27.7 Å². The van der Waals surface area contributed by atoms with Crippen molar-refractivity contribution in [1.29, 1.82) is 0 Å². The highest BCUT2D eigenvalue weighted by Crippen LogP contribution is 2.46. The first-order valence-corrected chi connectivity index (χ1v) is 9.66. The van der Waals surface area contributed by atoms with Gasteiger partial charge in [-0.1, -0.05) is 41.5 Å². The summed E-state index contributed by atoms with van der Waals surface area (Å²) in [6, 6.07) is 0. The van der Waals surface area contributed by atoms with E-state index in [0.717, 1.165) is 5.95 Å². The number of rotatable bonds is 5. The van der Waals surface area contributed by atoms with Crippen LogP contribution in [-0.2, 0) is 13.9 Å². The van der Waals surface area contributed by atoms with Crippen LogP contribution in [0.3, 0.4) is 0 Å². The second-order valence-electron chi connectivity index (χ2n) is 6.81.